The topological polar surface area (TPSA) is 17.1 Å². The molecule has 6 heteroatoms. The molecule has 0 aliphatic rings. The van der Waals surface area contributed by atoms with Gasteiger partial charge in [-0.2, -0.15) is 13.2 Å². The second-order valence-electron chi connectivity index (χ2n) is 4.50. The predicted octanol–water partition coefficient (Wildman–Crippen LogP) is 5.15. The van der Waals surface area contributed by atoms with Gasteiger partial charge in [0.05, 0.1) is 5.56 Å². The van der Waals surface area contributed by atoms with Crippen molar-refractivity contribution in [2.75, 3.05) is 0 Å². The Labute approximate surface area is 126 Å². The molecule has 0 aliphatic heterocycles. The van der Waals surface area contributed by atoms with E-state index in [1.165, 1.54) is 0 Å². The highest BCUT2D eigenvalue weighted by Gasteiger charge is 2.34. The molecular weight excluding hydrogens is 352 g/mol. The molecule has 0 fully saturated rings. The number of hydrogen-bond acceptors (Lipinski definition) is 1. The van der Waals surface area contributed by atoms with Crippen LogP contribution in [-0.4, -0.2) is 5.78 Å². The molecule has 110 valence electrons. The van der Waals surface area contributed by atoms with E-state index >= 15 is 0 Å². The number of halogens is 5. The van der Waals surface area contributed by atoms with Crippen molar-refractivity contribution >= 4 is 21.7 Å². The van der Waals surface area contributed by atoms with E-state index in [9.17, 15) is 22.4 Å². The molecule has 0 heterocycles. The van der Waals surface area contributed by atoms with Crippen LogP contribution in [-0.2, 0) is 6.18 Å². The zero-order chi connectivity index (χ0) is 15.8. The minimum absolute atomic E-state index is 0.213. The van der Waals surface area contributed by atoms with E-state index in [1.807, 2.05) is 0 Å². The van der Waals surface area contributed by atoms with Gasteiger partial charge in [0.1, 0.15) is 5.82 Å². The third-order valence-electron chi connectivity index (χ3n) is 2.90. The minimum atomic E-state index is -4.84. The van der Waals surface area contributed by atoms with E-state index < -0.39 is 23.3 Å². The van der Waals surface area contributed by atoms with Crippen LogP contribution in [0.4, 0.5) is 17.6 Å². The summed E-state index contributed by atoms with van der Waals surface area (Å²) < 4.78 is 51.7. The third kappa shape index (κ3) is 3.32. The van der Waals surface area contributed by atoms with Crippen LogP contribution in [0.2, 0.25) is 0 Å². The Balaban J connectivity index is 2.52. The second-order valence-corrected chi connectivity index (χ2v) is 5.36. The lowest BCUT2D eigenvalue weighted by atomic mass is 9.99. The van der Waals surface area contributed by atoms with Gasteiger partial charge in [-0.05, 0) is 37.3 Å². The molecule has 0 unspecified atom stereocenters. The summed E-state index contributed by atoms with van der Waals surface area (Å²) in [5, 5.41) is 0. The van der Waals surface area contributed by atoms with Gasteiger partial charge in [0.2, 0.25) is 0 Å². The van der Waals surface area contributed by atoms with Crippen LogP contribution >= 0.6 is 15.9 Å². The smallest absolute Gasteiger partial charge is 0.289 e. The van der Waals surface area contributed by atoms with E-state index in [2.05, 4.69) is 15.9 Å². The molecule has 0 spiro atoms. The van der Waals surface area contributed by atoms with Crippen LogP contribution in [0.3, 0.4) is 0 Å². The first-order chi connectivity index (χ1) is 9.70. The van der Waals surface area contributed by atoms with Crippen LogP contribution in [0.1, 0.15) is 27.0 Å². The maximum absolute atomic E-state index is 13.2. The lowest BCUT2D eigenvalue weighted by Gasteiger charge is -2.10. The molecule has 0 aliphatic carbocycles. The van der Waals surface area contributed by atoms with Gasteiger partial charge in [0, 0.05) is 15.6 Å². The number of benzene rings is 2. The lowest BCUT2D eigenvalue weighted by Crippen LogP contribution is -2.11. The molecule has 0 N–H and O–H groups in total. The first-order valence-corrected chi connectivity index (χ1v) is 6.67. The van der Waals surface area contributed by atoms with Crippen LogP contribution in [0, 0.1) is 12.7 Å². The van der Waals surface area contributed by atoms with Crippen LogP contribution < -0.4 is 0 Å². The standard InChI is InChI=1S/C15H9BrF4O/c1-8-2-4-12(16)10(6-8)14(21)9-3-5-13(17)11(7-9)15(18,19)20/h2-7H,1H3. The molecule has 0 atom stereocenters. The molecule has 0 saturated carbocycles. The molecule has 2 aromatic rings. The number of hydrogen-bond donors (Lipinski definition) is 0. The van der Waals surface area contributed by atoms with Crippen molar-refractivity contribution in [1.29, 1.82) is 0 Å². The van der Waals surface area contributed by atoms with Crippen molar-refractivity contribution < 1.29 is 22.4 Å². The number of alkyl halides is 3. The average molecular weight is 361 g/mol. The fraction of sp³-hybridized carbons (Fsp3) is 0.133. The molecule has 0 amide bonds. The summed E-state index contributed by atoms with van der Waals surface area (Å²) in [7, 11) is 0. The number of carbonyl (C=O) groups excluding carboxylic acids is 1. The van der Waals surface area contributed by atoms with Gasteiger partial charge >= 0.3 is 6.18 Å². The maximum atomic E-state index is 13.2. The number of rotatable bonds is 2. The monoisotopic (exact) mass is 360 g/mol. The number of carbonyl (C=O) groups is 1. The molecule has 0 radical (unpaired) electrons. The van der Waals surface area contributed by atoms with Gasteiger partial charge in [-0.3, -0.25) is 4.79 Å². The second kappa shape index (κ2) is 5.60. The Morgan fingerprint density at radius 3 is 2.38 bits per heavy atom. The van der Waals surface area contributed by atoms with E-state index in [0.717, 1.165) is 11.6 Å². The zero-order valence-electron chi connectivity index (χ0n) is 10.8. The summed E-state index contributed by atoms with van der Waals surface area (Å²) in [5.74, 6) is -2.00. The molecule has 2 aromatic carbocycles. The SMILES string of the molecule is Cc1ccc(Br)c(C(=O)c2ccc(F)c(C(F)(F)F)c2)c1. The summed E-state index contributed by atoms with van der Waals surface area (Å²) >= 11 is 3.18. The van der Waals surface area contributed by atoms with Gasteiger partial charge < -0.3 is 0 Å². The van der Waals surface area contributed by atoms with E-state index in [-0.39, 0.29) is 11.1 Å². The van der Waals surface area contributed by atoms with Gasteiger partial charge in [-0.25, -0.2) is 4.39 Å². The number of aryl methyl sites for hydroxylation is 1. The fourth-order valence-electron chi connectivity index (χ4n) is 1.85. The summed E-state index contributed by atoms with van der Waals surface area (Å²) in [4.78, 5) is 12.3. The highest BCUT2D eigenvalue weighted by atomic mass is 79.9. The molecule has 0 saturated heterocycles. The molecular formula is C15H9BrF4O. The minimum Gasteiger partial charge on any atom is -0.289 e. The van der Waals surface area contributed by atoms with Gasteiger partial charge in [-0.1, -0.05) is 27.6 Å². The first kappa shape index (κ1) is 15.7. The van der Waals surface area contributed by atoms with E-state index in [4.69, 9.17) is 0 Å². The highest BCUT2D eigenvalue weighted by molar-refractivity contribution is 9.10. The molecule has 1 nitrogen and oxygen atoms in total. The van der Waals surface area contributed by atoms with Gasteiger partial charge in [0.25, 0.3) is 0 Å². The molecule has 0 bridgehead atoms. The third-order valence-corrected chi connectivity index (χ3v) is 3.59. The predicted molar refractivity (Wildman–Crippen MR) is 73.7 cm³/mol. The highest BCUT2D eigenvalue weighted by Crippen LogP contribution is 2.32. The Hall–Kier alpha value is -1.69. The Morgan fingerprint density at radius 2 is 1.76 bits per heavy atom. The Bertz CT molecular complexity index is 707. The Kier molecular flexibility index (Phi) is 4.18. The summed E-state index contributed by atoms with van der Waals surface area (Å²) in [5.41, 5.74) is -0.637. The largest absolute Gasteiger partial charge is 0.419 e. The number of ketones is 1. The van der Waals surface area contributed by atoms with Crippen molar-refractivity contribution in [3.8, 4) is 0 Å². The van der Waals surface area contributed by atoms with E-state index in [1.54, 1.807) is 25.1 Å². The van der Waals surface area contributed by atoms with Gasteiger partial charge in [-0.15, -0.1) is 0 Å². The van der Waals surface area contributed by atoms with Crippen LogP contribution in [0.25, 0.3) is 0 Å². The summed E-state index contributed by atoms with van der Waals surface area (Å²) in [6, 6.07) is 7.18. The average Bonchev–Trinajstić information content (AvgIpc) is 2.40. The summed E-state index contributed by atoms with van der Waals surface area (Å²) in [6.45, 7) is 1.76. The quantitative estimate of drug-likeness (QED) is 0.534. The molecule has 21 heavy (non-hydrogen) atoms. The normalized spacial score (nSPS) is 11.5. The van der Waals surface area contributed by atoms with Gasteiger partial charge in [0.15, 0.2) is 5.78 Å². The molecule has 0 aromatic heterocycles. The van der Waals surface area contributed by atoms with Crippen molar-refractivity contribution in [3.63, 3.8) is 0 Å². The summed E-state index contributed by atoms with van der Waals surface area (Å²) in [6.07, 6.45) is -4.84. The lowest BCUT2D eigenvalue weighted by molar-refractivity contribution is -0.140. The molecule has 2 rings (SSSR count). The van der Waals surface area contributed by atoms with Crippen molar-refractivity contribution in [2.45, 2.75) is 13.1 Å². The van der Waals surface area contributed by atoms with Crippen molar-refractivity contribution in [1.82, 2.24) is 0 Å². The van der Waals surface area contributed by atoms with Crippen LogP contribution in [0.5, 0.6) is 0 Å². The maximum Gasteiger partial charge on any atom is 0.419 e. The van der Waals surface area contributed by atoms with Crippen LogP contribution in [0.15, 0.2) is 40.9 Å². The zero-order valence-corrected chi connectivity index (χ0v) is 12.3. The van der Waals surface area contributed by atoms with E-state index in [0.29, 0.717) is 16.6 Å². The Morgan fingerprint density at radius 1 is 1.10 bits per heavy atom. The fourth-order valence-corrected chi connectivity index (χ4v) is 2.28. The van der Waals surface area contributed by atoms with Crippen molar-refractivity contribution in [2.24, 2.45) is 0 Å². The van der Waals surface area contributed by atoms with Crippen molar-refractivity contribution in [3.05, 3.63) is 68.9 Å². The first-order valence-electron chi connectivity index (χ1n) is 5.88.